The Labute approximate surface area is 118 Å². The summed E-state index contributed by atoms with van der Waals surface area (Å²) in [6, 6.07) is 12.5. The Morgan fingerprint density at radius 3 is 2.37 bits per heavy atom. The number of hydrogen-bond acceptors (Lipinski definition) is 3. The lowest BCUT2D eigenvalue weighted by Crippen LogP contribution is -2.13. The molecule has 2 nitrogen and oxygen atoms in total. The molecule has 0 spiro atoms. The van der Waals surface area contributed by atoms with Gasteiger partial charge < -0.3 is 0 Å². The molecule has 0 amide bonds. The molecule has 1 heterocycles. The number of nitriles is 1. The summed E-state index contributed by atoms with van der Waals surface area (Å²) in [6.07, 6.45) is 0. The van der Waals surface area contributed by atoms with Gasteiger partial charge in [-0.05, 0) is 19.8 Å². The summed E-state index contributed by atoms with van der Waals surface area (Å²) in [5.41, 5.74) is 1.63. The molecule has 0 aliphatic heterocycles. The van der Waals surface area contributed by atoms with Crippen molar-refractivity contribution < 1.29 is 0 Å². The normalized spacial score (nSPS) is 11.6. The van der Waals surface area contributed by atoms with Gasteiger partial charge in [-0.15, -0.1) is 11.3 Å². The van der Waals surface area contributed by atoms with Gasteiger partial charge in [0.15, 0.2) is 0 Å². The quantitative estimate of drug-likeness (QED) is 0.808. The van der Waals surface area contributed by atoms with Gasteiger partial charge in [0.05, 0.1) is 11.8 Å². The molecule has 2 rings (SSSR count). The molecule has 1 aromatic heterocycles. The minimum Gasteiger partial charge on any atom is -0.239 e. The van der Waals surface area contributed by atoms with Crippen molar-refractivity contribution in [3.8, 4) is 17.3 Å². The van der Waals surface area contributed by atoms with Gasteiger partial charge in [0, 0.05) is 10.4 Å². The van der Waals surface area contributed by atoms with Crippen molar-refractivity contribution in [3.05, 3.63) is 40.2 Å². The molecule has 2 aromatic rings. The van der Waals surface area contributed by atoms with Crippen LogP contribution in [0.15, 0.2) is 30.3 Å². The van der Waals surface area contributed by atoms with E-state index in [1.165, 1.54) is 4.88 Å². The van der Waals surface area contributed by atoms with Crippen molar-refractivity contribution in [2.75, 3.05) is 0 Å². The zero-order valence-electron chi connectivity index (χ0n) is 11.8. The topological polar surface area (TPSA) is 36.7 Å². The van der Waals surface area contributed by atoms with Gasteiger partial charge >= 0.3 is 0 Å². The van der Waals surface area contributed by atoms with Gasteiger partial charge in [0.1, 0.15) is 10.4 Å². The van der Waals surface area contributed by atoms with E-state index >= 15 is 0 Å². The summed E-state index contributed by atoms with van der Waals surface area (Å²) in [4.78, 5) is 5.99. The van der Waals surface area contributed by atoms with E-state index in [4.69, 9.17) is 4.98 Å². The van der Waals surface area contributed by atoms with Crippen molar-refractivity contribution in [3.63, 3.8) is 0 Å². The minimum absolute atomic E-state index is 0.413. The van der Waals surface area contributed by atoms with Crippen LogP contribution in [0.4, 0.5) is 0 Å². The van der Waals surface area contributed by atoms with Crippen LogP contribution in [0, 0.1) is 11.3 Å². The number of aromatic nitrogens is 1. The standard InChI is InChI=1S/C16H18N2S/c1-11(2)14-13(12-8-6-5-7-9-12)18-15(19-14)16(3,4)10-17/h5-9,11H,1-4H3. The molecule has 19 heavy (non-hydrogen) atoms. The lowest BCUT2D eigenvalue weighted by Gasteiger charge is -2.10. The van der Waals surface area contributed by atoms with Crippen molar-refractivity contribution in [2.24, 2.45) is 0 Å². The Hall–Kier alpha value is -1.66. The van der Waals surface area contributed by atoms with Crippen LogP contribution >= 0.6 is 11.3 Å². The van der Waals surface area contributed by atoms with E-state index in [-0.39, 0.29) is 0 Å². The molecule has 3 heteroatoms. The third-order valence-electron chi connectivity index (χ3n) is 3.04. The highest BCUT2D eigenvalue weighted by atomic mass is 32.1. The van der Waals surface area contributed by atoms with Gasteiger partial charge in [0.2, 0.25) is 0 Å². The van der Waals surface area contributed by atoms with E-state index in [9.17, 15) is 5.26 Å². The monoisotopic (exact) mass is 270 g/mol. The SMILES string of the molecule is CC(C)c1sc(C(C)(C)C#N)nc1-c1ccccc1. The number of nitrogens with zero attached hydrogens (tertiary/aromatic N) is 2. The fourth-order valence-corrected chi connectivity index (χ4v) is 2.98. The Kier molecular flexibility index (Phi) is 3.73. The lowest BCUT2D eigenvalue weighted by molar-refractivity contribution is 0.680. The summed E-state index contributed by atoms with van der Waals surface area (Å²) in [5.74, 6) is 0.413. The highest BCUT2D eigenvalue weighted by Gasteiger charge is 2.27. The average Bonchev–Trinajstić information content (AvgIpc) is 2.85. The Balaban J connectivity index is 2.59. The van der Waals surface area contributed by atoms with Crippen molar-refractivity contribution in [1.29, 1.82) is 5.26 Å². The summed E-state index contributed by atoms with van der Waals surface area (Å²) in [5, 5.41) is 10.2. The number of rotatable bonds is 3. The second-order valence-corrected chi connectivity index (χ2v) is 6.52. The molecule has 0 atom stereocenters. The second kappa shape index (κ2) is 5.14. The summed E-state index contributed by atoms with van der Waals surface area (Å²) < 4.78 is 0. The maximum atomic E-state index is 9.27. The van der Waals surface area contributed by atoms with E-state index in [1.807, 2.05) is 32.0 Å². The van der Waals surface area contributed by atoms with E-state index in [1.54, 1.807) is 11.3 Å². The molecule has 0 fully saturated rings. The van der Waals surface area contributed by atoms with E-state index < -0.39 is 5.41 Å². The van der Waals surface area contributed by atoms with Gasteiger partial charge in [-0.1, -0.05) is 44.2 Å². The van der Waals surface area contributed by atoms with Crippen LogP contribution in [0.5, 0.6) is 0 Å². The number of thiazole rings is 1. The number of hydrogen-bond donors (Lipinski definition) is 0. The first kappa shape index (κ1) is 13.8. The molecule has 0 aliphatic carbocycles. The molecule has 0 saturated carbocycles. The van der Waals surface area contributed by atoms with Gasteiger partial charge in [-0.25, -0.2) is 4.98 Å². The van der Waals surface area contributed by atoms with Gasteiger partial charge in [-0.2, -0.15) is 5.26 Å². The Morgan fingerprint density at radius 2 is 1.84 bits per heavy atom. The fourth-order valence-electron chi connectivity index (χ4n) is 1.84. The molecule has 0 aliphatic rings. The molecular formula is C16H18N2S. The zero-order chi connectivity index (χ0) is 14.0. The smallest absolute Gasteiger partial charge is 0.113 e. The lowest BCUT2D eigenvalue weighted by atomic mass is 9.97. The largest absolute Gasteiger partial charge is 0.239 e. The highest BCUT2D eigenvalue weighted by molar-refractivity contribution is 7.12. The predicted octanol–water partition coefficient (Wildman–Crippen LogP) is 4.73. The van der Waals surface area contributed by atoms with Crippen molar-refractivity contribution in [1.82, 2.24) is 4.98 Å². The second-order valence-electron chi connectivity index (χ2n) is 5.49. The van der Waals surface area contributed by atoms with E-state index in [0.717, 1.165) is 16.3 Å². The molecule has 0 saturated heterocycles. The van der Waals surface area contributed by atoms with Crippen LogP contribution in [0.3, 0.4) is 0 Å². The molecule has 1 aromatic carbocycles. The Morgan fingerprint density at radius 1 is 1.21 bits per heavy atom. The van der Waals surface area contributed by atoms with Crippen LogP contribution in [-0.2, 0) is 5.41 Å². The highest BCUT2D eigenvalue weighted by Crippen LogP contribution is 2.38. The van der Waals surface area contributed by atoms with Crippen molar-refractivity contribution >= 4 is 11.3 Å². The molecule has 0 N–H and O–H groups in total. The summed E-state index contributed by atoms with van der Waals surface area (Å²) in [6.45, 7) is 8.18. The fraction of sp³-hybridized carbons (Fsp3) is 0.375. The maximum Gasteiger partial charge on any atom is 0.113 e. The molecule has 0 bridgehead atoms. The summed E-state index contributed by atoms with van der Waals surface area (Å²) in [7, 11) is 0. The van der Waals surface area contributed by atoms with Crippen LogP contribution in [0.25, 0.3) is 11.3 Å². The van der Waals surface area contributed by atoms with Gasteiger partial charge in [0.25, 0.3) is 0 Å². The van der Waals surface area contributed by atoms with E-state index in [0.29, 0.717) is 5.92 Å². The van der Waals surface area contributed by atoms with Crippen molar-refractivity contribution in [2.45, 2.75) is 39.0 Å². The Bertz CT molecular complexity index is 603. The molecule has 98 valence electrons. The van der Waals surface area contributed by atoms with Crippen LogP contribution in [-0.4, -0.2) is 4.98 Å². The van der Waals surface area contributed by atoms with Crippen LogP contribution < -0.4 is 0 Å². The van der Waals surface area contributed by atoms with Crippen LogP contribution in [0.1, 0.15) is 43.5 Å². The molecule has 0 unspecified atom stereocenters. The predicted molar refractivity (Wildman–Crippen MR) is 80.3 cm³/mol. The number of benzene rings is 1. The first-order valence-corrected chi connectivity index (χ1v) is 7.25. The van der Waals surface area contributed by atoms with E-state index in [2.05, 4.69) is 32.0 Å². The van der Waals surface area contributed by atoms with Crippen LogP contribution in [0.2, 0.25) is 0 Å². The summed E-state index contributed by atoms with van der Waals surface area (Å²) >= 11 is 1.66. The average molecular weight is 270 g/mol. The minimum atomic E-state index is -0.526. The molecule has 0 radical (unpaired) electrons. The third-order valence-corrected chi connectivity index (χ3v) is 4.72. The van der Waals surface area contributed by atoms with Gasteiger partial charge in [-0.3, -0.25) is 0 Å². The zero-order valence-corrected chi connectivity index (χ0v) is 12.6. The maximum absolute atomic E-state index is 9.27. The first-order valence-electron chi connectivity index (χ1n) is 6.43. The third kappa shape index (κ3) is 2.69. The molecular weight excluding hydrogens is 252 g/mol. The first-order chi connectivity index (χ1) is 8.95.